The maximum absolute atomic E-state index is 13.3. The lowest BCUT2D eigenvalue weighted by atomic mass is 10.3. The first kappa shape index (κ1) is 12.8. The molecule has 0 aromatic heterocycles. The van der Waals surface area contributed by atoms with E-state index in [1.165, 1.54) is 18.2 Å². The Labute approximate surface area is 94.7 Å². The van der Waals surface area contributed by atoms with Crippen molar-refractivity contribution in [1.82, 2.24) is 0 Å². The highest BCUT2D eigenvalue weighted by Crippen LogP contribution is 2.17. The van der Waals surface area contributed by atoms with Gasteiger partial charge >= 0.3 is 5.97 Å². The van der Waals surface area contributed by atoms with E-state index >= 15 is 0 Å². The quantitative estimate of drug-likeness (QED) is 0.801. The molecule has 1 aromatic rings. The van der Waals surface area contributed by atoms with Crippen molar-refractivity contribution in [3.8, 4) is 0 Å². The lowest BCUT2D eigenvalue weighted by molar-refractivity contribution is -0.136. The van der Waals surface area contributed by atoms with Crippen molar-refractivity contribution in [3.63, 3.8) is 0 Å². The number of carboxylic acids is 1. The molecular formula is C10H12FNO3S. The average molecular weight is 245 g/mol. The Balaban J connectivity index is 2.99. The third-order valence-electron chi connectivity index (χ3n) is 2.02. The zero-order valence-corrected chi connectivity index (χ0v) is 9.24. The molecule has 0 spiro atoms. The molecule has 0 aliphatic heterocycles. The highest BCUT2D eigenvalue weighted by atomic mass is 32.2. The maximum Gasteiger partial charge on any atom is 0.319 e. The molecular weight excluding hydrogens is 233 g/mol. The summed E-state index contributed by atoms with van der Waals surface area (Å²) in [5, 5.41) is 7.69. The van der Waals surface area contributed by atoms with E-state index in [0.717, 1.165) is 6.07 Å². The summed E-state index contributed by atoms with van der Waals surface area (Å²) in [6, 6.07) is 5.43. The van der Waals surface area contributed by atoms with Gasteiger partial charge in [0.1, 0.15) is 11.1 Å². The largest absolute Gasteiger partial charge is 0.480 e. The zero-order chi connectivity index (χ0) is 12.1. The minimum absolute atomic E-state index is 0.0519. The Morgan fingerprint density at radius 2 is 2.12 bits per heavy atom. The van der Waals surface area contributed by atoms with Crippen LogP contribution in [-0.4, -0.2) is 27.1 Å². The van der Waals surface area contributed by atoms with Crippen LogP contribution in [-0.2, 0) is 15.6 Å². The van der Waals surface area contributed by atoms with Crippen molar-refractivity contribution in [1.29, 1.82) is 0 Å². The maximum atomic E-state index is 13.3. The molecule has 2 unspecified atom stereocenters. The number of aliphatic carboxylic acids is 1. The van der Waals surface area contributed by atoms with Gasteiger partial charge in [-0.25, -0.2) is 4.39 Å². The van der Waals surface area contributed by atoms with E-state index < -0.39 is 27.8 Å². The summed E-state index contributed by atoms with van der Waals surface area (Å²) >= 11 is 0. The van der Waals surface area contributed by atoms with E-state index in [4.69, 9.17) is 10.8 Å². The first-order valence-corrected chi connectivity index (χ1v) is 5.87. The number of halogens is 1. The molecule has 0 saturated carbocycles. The lowest BCUT2D eigenvalue weighted by Crippen LogP contribution is -2.28. The number of hydrogen-bond donors (Lipinski definition) is 2. The molecule has 1 aromatic carbocycles. The van der Waals surface area contributed by atoms with E-state index in [0.29, 0.717) is 0 Å². The predicted molar refractivity (Wildman–Crippen MR) is 57.9 cm³/mol. The third-order valence-corrected chi connectivity index (χ3v) is 3.73. The summed E-state index contributed by atoms with van der Waals surface area (Å²) in [5.74, 6) is -1.89. The smallest absolute Gasteiger partial charge is 0.319 e. The molecule has 4 nitrogen and oxygen atoms in total. The summed E-state index contributed by atoms with van der Waals surface area (Å²) in [6.45, 7) is 0.0944. The van der Waals surface area contributed by atoms with E-state index in [1.54, 1.807) is 0 Å². The average Bonchev–Trinajstić information content (AvgIpc) is 2.25. The van der Waals surface area contributed by atoms with Gasteiger partial charge in [0.2, 0.25) is 0 Å². The molecule has 0 amide bonds. The van der Waals surface area contributed by atoms with Crippen LogP contribution in [0.4, 0.5) is 4.39 Å². The number of nitrogens with two attached hydrogens (primary N) is 1. The van der Waals surface area contributed by atoms with E-state index in [1.807, 2.05) is 0 Å². The van der Waals surface area contributed by atoms with Crippen LogP contribution in [0.15, 0.2) is 29.2 Å². The van der Waals surface area contributed by atoms with Crippen molar-refractivity contribution in [2.24, 2.45) is 5.73 Å². The van der Waals surface area contributed by atoms with Gasteiger partial charge in [0.25, 0.3) is 0 Å². The highest BCUT2D eigenvalue weighted by molar-refractivity contribution is 7.86. The Bertz CT molecular complexity index is 411. The second-order valence-corrected chi connectivity index (χ2v) is 4.74. The molecule has 0 bridgehead atoms. The van der Waals surface area contributed by atoms with Crippen molar-refractivity contribution in [2.75, 3.05) is 6.54 Å². The number of carboxylic acid groups (broad SMARTS) is 1. The summed E-state index contributed by atoms with van der Waals surface area (Å²) in [5.41, 5.74) is 5.23. The number of hydrogen-bond acceptors (Lipinski definition) is 3. The van der Waals surface area contributed by atoms with Gasteiger partial charge in [-0.3, -0.25) is 9.00 Å². The normalized spacial score (nSPS) is 14.4. The molecule has 88 valence electrons. The van der Waals surface area contributed by atoms with Crippen LogP contribution in [0, 0.1) is 5.82 Å². The Hall–Kier alpha value is -1.27. The van der Waals surface area contributed by atoms with Crippen LogP contribution in [0.5, 0.6) is 0 Å². The van der Waals surface area contributed by atoms with Crippen molar-refractivity contribution in [3.05, 3.63) is 30.1 Å². The predicted octanol–water partition coefficient (Wildman–Crippen LogP) is 0.735. The fourth-order valence-corrected chi connectivity index (χ4v) is 2.55. The monoisotopic (exact) mass is 245 g/mol. The minimum atomic E-state index is -1.92. The molecule has 0 aliphatic carbocycles. The fraction of sp³-hybridized carbons (Fsp3) is 0.300. The van der Waals surface area contributed by atoms with Crippen LogP contribution < -0.4 is 5.73 Å². The minimum Gasteiger partial charge on any atom is -0.480 e. The van der Waals surface area contributed by atoms with Crippen LogP contribution in [0.1, 0.15) is 6.42 Å². The van der Waals surface area contributed by atoms with Gasteiger partial charge < -0.3 is 10.8 Å². The molecule has 0 fully saturated rings. The summed E-state index contributed by atoms with van der Waals surface area (Å²) in [7, 11) is -1.92. The second-order valence-electron chi connectivity index (χ2n) is 3.13. The third kappa shape index (κ3) is 2.86. The van der Waals surface area contributed by atoms with Crippen LogP contribution in [0.3, 0.4) is 0 Å². The SMILES string of the molecule is NCCC(C(=O)O)S(=O)c1ccccc1F. The number of carbonyl (C=O) groups is 1. The Morgan fingerprint density at radius 3 is 2.62 bits per heavy atom. The molecule has 0 aliphatic rings. The molecule has 16 heavy (non-hydrogen) atoms. The van der Waals surface area contributed by atoms with E-state index in [9.17, 15) is 13.4 Å². The molecule has 2 atom stereocenters. The summed E-state index contributed by atoms with van der Waals surface area (Å²) in [6.07, 6.45) is 0.0519. The van der Waals surface area contributed by atoms with Gasteiger partial charge in [0, 0.05) is 0 Å². The van der Waals surface area contributed by atoms with Crippen molar-refractivity contribution >= 4 is 16.8 Å². The van der Waals surface area contributed by atoms with Crippen LogP contribution in [0.25, 0.3) is 0 Å². The zero-order valence-electron chi connectivity index (χ0n) is 8.43. The Morgan fingerprint density at radius 1 is 1.50 bits per heavy atom. The first-order chi connectivity index (χ1) is 7.57. The van der Waals surface area contributed by atoms with E-state index in [-0.39, 0.29) is 17.9 Å². The van der Waals surface area contributed by atoms with Gasteiger partial charge in [0.15, 0.2) is 0 Å². The van der Waals surface area contributed by atoms with E-state index in [2.05, 4.69) is 0 Å². The number of benzene rings is 1. The van der Waals surface area contributed by atoms with Crippen molar-refractivity contribution < 1.29 is 18.5 Å². The van der Waals surface area contributed by atoms with Crippen LogP contribution >= 0.6 is 0 Å². The molecule has 0 radical (unpaired) electrons. The molecule has 0 saturated heterocycles. The standard InChI is InChI=1S/C10H12FNO3S/c11-7-3-1-2-4-8(7)16(15)9(5-6-12)10(13)14/h1-4,9H,5-6,12H2,(H,13,14). The van der Waals surface area contributed by atoms with Gasteiger partial charge in [0.05, 0.1) is 15.7 Å². The second kappa shape index (κ2) is 5.72. The summed E-state index contributed by atoms with van der Waals surface area (Å²) < 4.78 is 25.1. The van der Waals surface area contributed by atoms with Gasteiger partial charge in [-0.05, 0) is 25.1 Å². The lowest BCUT2D eigenvalue weighted by Gasteiger charge is -2.11. The molecule has 3 N–H and O–H groups in total. The van der Waals surface area contributed by atoms with Crippen molar-refractivity contribution in [2.45, 2.75) is 16.6 Å². The fourth-order valence-electron chi connectivity index (χ4n) is 1.23. The molecule has 0 heterocycles. The van der Waals surface area contributed by atoms with Gasteiger partial charge in [-0.15, -0.1) is 0 Å². The first-order valence-electron chi connectivity index (χ1n) is 4.66. The Kier molecular flexibility index (Phi) is 4.57. The molecule has 1 rings (SSSR count). The summed E-state index contributed by atoms with van der Waals surface area (Å²) in [4.78, 5) is 10.8. The molecule has 6 heteroatoms. The van der Waals surface area contributed by atoms with Gasteiger partial charge in [-0.2, -0.15) is 0 Å². The highest BCUT2D eigenvalue weighted by Gasteiger charge is 2.26. The number of rotatable bonds is 5. The van der Waals surface area contributed by atoms with Gasteiger partial charge in [-0.1, -0.05) is 12.1 Å². The van der Waals surface area contributed by atoms with Crippen LogP contribution in [0.2, 0.25) is 0 Å². The topological polar surface area (TPSA) is 80.4 Å².